The van der Waals surface area contributed by atoms with Gasteiger partial charge in [-0.25, -0.2) is 9.37 Å². The Bertz CT molecular complexity index is 983. The molecule has 1 aromatic carbocycles. The summed E-state index contributed by atoms with van der Waals surface area (Å²) in [5, 5.41) is 9.74. The molecule has 1 aromatic heterocycles. The first kappa shape index (κ1) is 23.7. The Morgan fingerprint density at radius 2 is 2.09 bits per heavy atom. The predicted molar refractivity (Wildman–Crippen MR) is 119 cm³/mol. The maximum absolute atomic E-state index is 14.4. The number of ether oxygens (including phenoxy) is 1. The monoisotopic (exact) mass is 443 g/mol. The molecular formula is C24H30FN3O4. The molecule has 0 spiro atoms. The Morgan fingerprint density at radius 3 is 2.75 bits per heavy atom. The van der Waals surface area contributed by atoms with Gasteiger partial charge in [0.1, 0.15) is 17.5 Å². The van der Waals surface area contributed by atoms with Crippen molar-refractivity contribution in [3.63, 3.8) is 0 Å². The zero-order chi connectivity index (χ0) is 23.4. The minimum atomic E-state index is -0.427. The zero-order valence-corrected chi connectivity index (χ0v) is 18.9. The summed E-state index contributed by atoms with van der Waals surface area (Å²) in [4.78, 5) is 33.1. The first-order valence-corrected chi connectivity index (χ1v) is 10.8. The third kappa shape index (κ3) is 4.91. The molecule has 0 saturated heterocycles. The van der Waals surface area contributed by atoms with Crippen molar-refractivity contribution in [2.45, 2.75) is 39.3 Å². The van der Waals surface area contributed by atoms with Crippen LogP contribution in [0.25, 0.3) is 11.1 Å². The van der Waals surface area contributed by atoms with Crippen molar-refractivity contribution in [2.75, 3.05) is 26.7 Å². The molecular weight excluding hydrogens is 413 g/mol. The normalized spacial score (nSPS) is 19.4. The Balaban J connectivity index is 2.05. The molecule has 1 aliphatic rings. The highest BCUT2D eigenvalue weighted by molar-refractivity contribution is 5.98. The van der Waals surface area contributed by atoms with Crippen LogP contribution in [0, 0.1) is 11.7 Å². The number of aliphatic hydroxyl groups is 1. The summed E-state index contributed by atoms with van der Waals surface area (Å²) < 4.78 is 20.5. The number of rotatable bonds is 6. The topological polar surface area (TPSA) is 83.0 Å². The Labute approximate surface area is 187 Å². The number of benzene rings is 1. The average Bonchev–Trinajstić information content (AvgIpc) is 2.80. The number of aliphatic hydroxyl groups excluding tert-OH is 1. The second kappa shape index (κ2) is 10.1. The lowest BCUT2D eigenvalue weighted by Crippen LogP contribution is -2.50. The minimum absolute atomic E-state index is 0.0115. The number of nitrogens with zero attached hydrogens (tertiary/aromatic N) is 3. The molecule has 1 aliphatic heterocycles. The minimum Gasteiger partial charge on any atom is -0.472 e. The van der Waals surface area contributed by atoms with E-state index in [1.807, 2.05) is 6.92 Å². The van der Waals surface area contributed by atoms with E-state index in [-0.39, 0.29) is 35.8 Å². The second-order valence-corrected chi connectivity index (χ2v) is 8.31. The second-order valence-electron chi connectivity index (χ2n) is 8.31. The molecule has 3 rings (SSSR count). The van der Waals surface area contributed by atoms with Gasteiger partial charge < -0.3 is 19.6 Å². The first-order chi connectivity index (χ1) is 15.3. The molecule has 0 unspecified atom stereocenters. The lowest BCUT2D eigenvalue weighted by Gasteiger charge is -2.37. The summed E-state index contributed by atoms with van der Waals surface area (Å²) in [6.07, 6.45) is 1.45. The van der Waals surface area contributed by atoms with Crippen molar-refractivity contribution in [2.24, 2.45) is 5.92 Å². The van der Waals surface area contributed by atoms with Crippen molar-refractivity contribution < 1.29 is 23.8 Å². The van der Waals surface area contributed by atoms with Gasteiger partial charge in [-0.3, -0.25) is 9.59 Å². The highest BCUT2D eigenvalue weighted by atomic mass is 19.1. The summed E-state index contributed by atoms with van der Waals surface area (Å²) in [5.74, 6) is -0.751. The molecule has 2 aromatic rings. The van der Waals surface area contributed by atoms with E-state index in [0.29, 0.717) is 30.6 Å². The van der Waals surface area contributed by atoms with E-state index in [9.17, 15) is 19.1 Å². The van der Waals surface area contributed by atoms with Gasteiger partial charge in [0.05, 0.1) is 19.2 Å². The number of likely N-dealkylation sites (N-methyl/N-ethyl adjacent to an activating group) is 1. The van der Waals surface area contributed by atoms with E-state index in [4.69, 9.17) is 4.74 Å². The smallest absolute Gasteiger partial charge is 0.259 e. The molecule has 8 heteroatoms. The fourth-order valence-corrected chi connectivity index (χ4v) is 3.80. The molecule has 2 amide bonds. The molecule has 7 nitrogen and oxygen atoms in total. The first-order valence-electron chi connectivity index (χ1n) is 10.8. The molecule has 0 radical (unpaired) electrons. The van der Waals surface area contributed by atoms with Crippen LogP contribution in [0.3, 0.4) is 0 Å². The number of carbonyl (C=O) groups excluding carboxylic acids is 2. The highest BCUT2D eigenvalue weighted by Crippen LogP contribution is 2.31. The van der Waals surface area contributed by atoms with Gasteiger partial charge in [0.25, 0.3) is 5.91 Å². The SMILES string of the molecule is CCC(=O)N(C)C[C@H]1Oc2ncc(-c3ccccc3F)cc2C(=O)N([C@H](C)CO)C[C@H]1C. The Morgan fingerprint density at radius 1 is 1.38 bits per heavy atom. The lowest BCUT2D eigenvalue weighted by atomic mass is 9.99. The van der Waals surface area contributed by atoms with Gasteiger partial charge in [-0.15, -0.1) is 0 Å². The fourth-order valence-electron chi connectivity index (χ4n) is 3.80. The summed E-state index contributed by atoms with van der Waals surface area (Å²) in [5.41, 5.74) is 0.990. The zero-order valence-electron chi connectivity index (χ0n) is 18.9. The number of hydrogen-bond donors (Lipinski definition) is 1. The van der Waals surface area contributed by atoms with Crippen molar-refractivity contribution in [3.8, 4) is 17.0 Å². The molecule has 1 N–H and O–H groups in total. The van der Waals surface area contributed by atoms with E-state index in [0.717, 1.165) is 0 Å². The van der Waals surface area contributed by atoms with Crippen LogP contribution in [0.1, 0.15) is 37.6 Å². The largest absolute Gasteiger partial charge is 0.472 e. The number of halogens is 1. The molecule has 0 bridgehead atoms. The maximum atomic E-state index is 14.4. The number of fused-ring (bicyclic) bond motifs is 1. The summed E-state index contributed by atoms with van der Waals surface area (Å²) in [6.45, 7) is 5.97. The van der Waals surface area contributed by atoms with Gasteiger partial charge in [0.2, 0.25) is 11.8 Å². The molecule has 2 heterocycles. The summed E-state index contributed by atoms with van der Waals surface area (Å²) >= 11 is 0. The number of aromatic nitrogens is 1. The third-order valence-electron chi connectivity index (χ3n) is 5.89. The van der Waals surface area contributed by atoms with E-state index >= 15 is 0 Å². The molecule has 172 valence electrons. The molecule has 0 fully saturated rings. The molecule has 0 aliphatic carbocycles. The quantitative estimate of drug-likeness (QED) is 0.742. The van der Waals surface area contributed by atoms with Crippen molar-refractivity contribution in [1.29, 1.82) is 0 Å². The van der Waals surface area contributed by atoms with Crippen LogP contribution in [-0.4, -0.2) is 70.6 Å². The van der Waals surface area contributed by atoms with Crippen molar-refractivity contribution in [1.82, 2.24) is 14.8 Å². The van der Waals surface area contributed by atoms with Crippen LogP contribution in [0.4, 0.5) is 4.39 Å². The summed E-state index contributed by atoms with van der Waals surface area (Å²) in [6, 6.07) is 7.43. The predicted octanol–water partition coefficient (Wildman–Crippen LogP) is 2.98. The average molecular weight is 444 g/mol. The maximum Gasteiger partial charge on any atom is 0.259 e. The number of amides is 2. The summed E-state index contributed by atoms with van der Waals surface area (Å²) in [7, 11) is 1.72. The van der Waals surface area contributed by atoms with Crippen LogP contribution >= 0.6 is 0 Å². The Hall–Kier alpha value is -3.00. The van der Waals surface area contributed by atoms with Gasteiger partial charge in [-0.2, -0.15) is 0 Å². The Kier molecular flexibility index (Phi) is 7.45. The van der Waals surface area contributed by atoms with Crippen LogP contribution in [0.15, 0.2) is 36.5 Å². The van der Waals surface area contributed by atoms with Gasteiger partial charge in [0.15, 0.2) is 0 Å². The fraction of sp³-hybridized carbons (Fsp3) is 0.458. The number of hydrogen-bond acceptors (Lipinski definition) is 5. The highest BCUT2D eigenvalue weighted by Gasteiger charge is 2.34. The van der Waals surface area contributed by atoms with E-state index in [1.54, 1.807) is 55.0 Å². The standard InChI is InChI=1S/C24H30FN3O4/c1-5-22(30)27(4)13-21-15(2)12-28(16(3)14-29)24(31)19-10-17(11-26-23(19)32-21)18-8-6-7-9-20(18)25/h6-11,15-16,21,29H,5,12-14H2,1-4H3/t15-,16-,21-/m1/s1. The van der Waals surface area contributed by atoms with Crippen LogP contribution < -0.4 is 4.74 Å². The number of pyridine rings is 1. The molecule has 3 atom stereocenters. The van der Waals surface area contributed by atoms with E-state index < -0.39 is 18.0 Å². The van der Waals surface area contributed by atoms with Gasteiger partial charge >= 0.3 is 0 Å². The molecule has 0 saturated carbocycles. The van der Waals surface area contributed by atoms with Crippen LogP contribution in [0.2, 0.25) is 0 Å². The van der Waals surface area contributed by atoms with Crippen LogP contribution in [-0.2, 0) is 4.79 Å². The van der Waals surface area contributed by atoms with Gasteiger partial charge in [-0.1, -0.05) is 32.0 Å². The van der Waals surface area contributed by atoms with Crippen LogP contribution in [0.5, 0.6) is 5.88 Å². The lowest BCUT2D eigenvalue weighted by molar-refractivity contribution is -0.131. The molecule has 32 heavy (non-hydrogen) atoms. The van der Waals surface area contributed by atoms with Crippen molar-refractivity contribution in [3.05, 3.63) is 47.9 Å². The van der Waals surface area contributed by atoms with Crippen molar-refractivity contribution >= 4 is 11.8 Å². The van der Waals surface area contributed by atoms with Gasteiger partial charge in [0, 0.05) is 43.3 Å². The third-order valence-corrected chi connectivity index (χ3v) is 5.89. The van der Waals surface area contributed by atoms with Gasteiger partial charge in [-0.05, 0) is 19.1 Å². The van der Waals surface area contributed by atoms with E-state index in [1.165, 1.54) is 12.3 Å². The van der Waals surface area contributed by atoms with E-state index in [2.05, 4.69) is 4.98 Å². The number of carbonyl (C=O) groups is 2.